The van der Waals surface area contributed by atoms with Crippen molar-refractivity contribution in [3.8, 4) is 0 Å². The van der Waals surface area contributed by atoms with E-state index in [2.05, 4.69) is 47.4 Å². The zero-order valence-electron chi connectivity index (χ0n) is 14.3. The second kappa shape index (κ2) is 9.46. The van der Waals surface area contributed by atoms with Gasteiger partial charge < -0.3 is 21.7 Å². The van der Waals surface area contributed by atoms with Gasteiger partial charge in [-0.3, -0.25) is 0 Å². The molecule has 1 saturated carbocycles. The van der Waals surface area contributed by atoms with Gasteiger partial charge in [0, 0.05) is 31.0 Å². The maximum absolute atomic E-state index is 6.01. The molecule has 1 heterocycles. The molecule has 0 aromatic heterocycles. The molecule has 0 aromatic rings. The van der Waals surface area contributed by atoms with E-state index < -0.39 is 0 Å². The Morgan fingerprint density at radius 1 is 1.27 bits per heavy atom. The molecule has 0 N–H and O–H groups in total. The number of ether oxygens (including phenoxy) is 1. The monoisotopic (exact) mass is 435 g/mol. The van der Waals surface area contributed by atoms with Crippen LogP contribution in [0.15, 0.2) is 11.8 Å². The lowest BCUT2D eigenvalue weighted by molar-refractivity contribution is -0.628. The van der Waals surface area contributed by atoms with Crippen LogP contribution in [0.3, 0.4) is 0 Å². The molecule has 1 aliphatic carbocycles. The van der Waals surface area contributed by atoms with Crippen LogP contribution in [0, 0.1) is 5.92 Å². The van der Waals surface area contributed by atoms with E-state index in [1.807, 2.05) is 6.40 Å². The summed E-state index contributed by atoms with van der Waals surface area (Å²) in [6, 6.07) is 0.646. The van der Waals surface area contributed by atoms with E-state index in [1.165, 1.54) is 44.9 Å². The number of halogens is 2. The molecule has 1 atom stereocenters. The summed E-state index contributed by atoms with van der Waals surface area (Å²) in [7, 11) is 0. The standard InChI is InChI=1S/C18H31BrNO.BrH/c1-15(2)18(3)17(12-9-13-19)21-14-20(18)16-10-7-5-4-6-8-11-16;/h12,14-16H,4-11,13H2,1-3H3;1H/q+1;/p-1. The average Bonchev–Trinajstić information content (AvgIpc) is 2.75. The highest BCUT2D eigenvalue weighted by Crippen LogP contribution is 2.37. The largest absolute Gasteiger partial charge is 1.00 e. The van der Waals surface area contributed by atoms with Gasteiger partial charge in [-0.25, -0.2) is 0 Å². The van der Waals surface area contributed by atoms with Gasteiger partial charge in [0.1, 0.15) is 0 Å². The van der Waals surface area contributed by atoms with Crippen LogP contribution >= 0.6 is 15.9 Å². The quantitative estimate of drug-likeness (QED) is 0.486. The molecule has 0 radical (unpaired) electrons. The third kappa shape index (κ3) is 4.37. The van der Waals surface area contributed by atoms with Gasteiger partial charge in [0.15, 0.2) is 11.8 Å². The number of hydrogen-bond acceptors (Lipinski definition) is 1. The summed E-state index contributed by atoms with van der Waals surface area (Å²) in [5.41, 5.74) is 0.0199. The number of allylic oxidation sites excluding steroid dienone is 1. The lowest BCUT2D eigenvalue weighted by Crippen LogP contribution is -3.00. The average molecular weight is 437 g/mol. The van der Waals surface area contributed by atoms with E-state index in [1.54, 1.807) is 0 Å². The van der Waals surface area contributed by atoms with Crippen LogP contribution < -0.4 is 17.0 Å². The van der Waals surface area contributed by atoms with Crippen molar-refractivity contribution in [3.05, 3.63) is 11.8 Å². The minimum absolute atomic E-state index is 0. The van der Waals surface area contributed by atoms with Gasteiger partial charge in [-0.05, 0) is 25.3 Å². The summed E-state index contributed by atoms with van der Waals surface area (Å²) >= 11 is 3.52. The van der Waals surface area contributed by atoms with Crippen molar-refractivity contribution in [2.75, 3.05) is 5.33 Å². The molecule has 128 valence electrons. The third-order valence-electron chi connectivity index (χ3n) is 5.36. The summed E-state index contributed by atoms with van der Waals surface area (Å²) < 4.78 is 8.56. The van der Waals surface area contributed by atoms with Crippen molar-refractivity contribution < 1.29 is 26.3 Å². The maximum atomic E-state index is 6.01. The molecule has 2 aliphatic rings. The van der Waals surface area contributed by atoms with Crippen LogP contribution in [0.25, 0.3) is 0 Å². The van der Waals surface area contributed by atoms with Crippen molar-refractivity contribution >= 4 is 22.3 Å². The molecule has 22 heavy (non-hydrogen) atoms. The topological polar surface area (TPSA) is 12.2 Å². The van der Waals surface area contributed by atoms with Crippen LogP contribution in [0.4, 0.5) is 0 Å². The Morgan fingerprint density at radius 3 is 2.41 bits per heavy atom. The van der Waals surface area contributed by atoms with E-state index in [0.717, 1.165) is 17.5 Å². The smallest absolute Gasteiger partial charge is 0.330 e. The van der Waals surface area contributed by atoms with E-state index >= 15 is 0 Å². The van der Waals surface area contributed by atoms with Gasteiger partial charge >= 0.3 is 6.40 Å². The molecule has 2 nitrogen and oxygen atoms in total. The molecular formula is C18H31Br2NO. The molecule has 1 unspecified atom stereocenters. The fourth-order valence-corrected chi connectivity index (χ4v) is 3.90. The fourth-order valence-electron chi connectivity index (χ4n) is 3.67. The minimum Gasteiger partial charge on any atom is -1.00 e. The van der Waals surface area contributed by atoms with Gasteiger partial charge in [0.05, 0.1) is 0 Å². The molecule has 4 heteroatoms. The lowest BCUT2D eigenvalue weighted by atomic mass is 9.83. The highest BCUT2D eigenvalue weighted by molar-refractivity contribution is 9.09. The second-order valence-electron chi connectivity index (χ2n) is 6.98. The first-order chi connectivity index (χ1) is 10.1. The van der Waals surface area contributed by atoms with Gasteiger partial charge in [-0.2, -0.15) is 4.58 Å². The summed E-state index contributed by atoms with van der Waals surface area (Å²) in [6.45, 7) is 7.00. The number of nitrogens with zero attached hydrogens (tertiary/aromatic N) is 1. The number of rotatable bonds is 4. The molecule has 0 amide bonds. The highest BCUT2D eigenvalue weighted by Gasteiger charge is 2.51. The Bertz CT molecular complexity index is 398. The Morgan fingerprint density at radius 2 is 1.86 bits per heavy atom. The van der Waals surface area contributed by atoms with E-state index in [4.69, 9.17) is 4.74 Å². The normalized spacial score (nSPS) is 28.8. The summed E-state index contributed by atoms with van der Waals surface area (Å²) in [5.74, 6) is 1.70. The SMILES string of the molecule is CC(C)C1(C)C(=CCCBr)OC=[N+]1C1CCCCCCC1.[Br-]. The first-order valence-corrected chi connectivity index (χ1v) is 9.78. The van der Waals surface area contributed by atoms with Crippen LogP contribution in [0.1, 0.15) is 72.1 Å². The number of alkyl halides is 1. The molecule has 0 spiro atoms. The van der Waals surface area contributed by atoms with E-state index in [-0.39, 0.29) is 22.5 Å². The first-order valence-electron chi connectivity index (χ1n) is 8.65. The molecule has 0 saturated heterocycles. The second-order valence-corrected chi connectivity index (χ2v) is 7.77. The van der Waals surface area contributed by atoms with E-state index in [9.17, 15) is 0 Å². The maximum Gasteiger partial charge on any atom is 0.330 e. The van der Waals surface area contributed by atoms with Crippen molar-refractivity contribution in [3.63, 3.8) is 0 Å². The Labute approximate surface area is 155 Å². The van der Waals surface area contributed by atoms with Crippen molar-refractivity contribution in [2.45, 2.75) is 83.7 Å². The Kier molecular flexibility index (Phi) is 8.69. The van der Waals surface area contributed by atoms with Gasteiger partial charge in [0.25, 0.3) is 0 Å². The molecule has 0 bridgehead atoms. The van der Waals surface area contributed by atoms with Crippen molar-refractivity contribution in [1.82, 2.24) is 0 Å². The minimum atomic E-state index is 0. The Hall–Kier alpha value is 0.170. The van der Waals surface area contributed by atoms with Crippen LogP contribution in [-0.4, -0.2) is 27.9 Å². The lowest BCUT2D eigenvalue weighted by Gasteiger charge is -2.30. The molecule has 1 fully saturated rings. The molecule has 1 aliphatic heterocycles. The van der Waals surface area contributed by atoms with Crippen LogP contribution in [0.2, 0.25) is 0 Å². The highest BCUT2D eigenvalue weighted by atomic mass is 79.9. The zero-order valence-corrected chi connectivity index (χ0v) is 17.5. The third-order valence-corrected chi connectivity index (χ3v) is 5.82. The molecular weight excluding hydrogens is 406 g/mol. The van der Waals surface area contributed by atoms with Crippen molar-refractivity contribution in [1.29, 1.82) is 0 Å². The van der Waals surface area contributed by atoms with Crippen LogP contribution in [-0.2, 0) is 4.74 Å². The van der Waals surface area contributed by atoms with Gasteiger partial charge in [-0.1, -0.05) is 49.0 Å². The predicted octanol–water partition coefficient (Wildman–Crippen LogP) is 2.26. The Balaban J connectivity index is 0.00000242. The van der Waals surface area contributed by atoms with Crippen molar-refractivity contribution in [2.24, 2.45) is 5.92 Å². The zero-order chi connectivity index (χ0) is 15.3. The summed E-state index contributed by atoms with van der Waals surface area (Å²) in [6.07, 6.45) is 14.9. The van der Waals surface area contributed by atoms with Crippen LogP contribution in [0.5, 0.6) is 0 Å². The fraction of sp³-hybridized carbons (Fsp3) is 0.833. The number of hydrogen-bond donors (Lipinski definition) is 0. The van der Waals surface area contributed by atoms with E-state index in [0.29, 0.717) is 12.0 Å². The molecule has 0 aromatic carbocycles. The summed E-state index contributed by atoms with van der Waals surface area (Å²) in [5, 5.41) is 0.997. The van der Waals surface area contributed by atoms with Gasteiger partial charge in [0.2, 0.25) is 5.54 Å². The first kappa shape index (κ1) is 20.2. The summed E-state index contributed by atoms with van der Waals surface area (Å²) in [4.78, 5) is 0. The predicted molar refractivity (Wildman–Crippen MR) is 93.3 cm³/mol. The van der Waals surface area contributed by atoms with Gasteiger partial charge in [-0.15, -0.1) is 0 Å². The molecule has 2 rings (SSSR count).